The van der Waals surface area contributed by atoms with Crippen LogP contribution in [-0.4, -0.2) is 31.3 Å². The summed E-state index contributed by atoms with van der Waals surface area (Å²) in [5, 5.41) is 0.613. The largest absolute Gasteiger partial charge is 0.454 e. The third kappa shape index (κ3) is 2.98. The molecule has 0 spiro atoms. The SMILES string of the molecule is CCC1CCN(C(CN)c2cc(Cl)c3c(c2)OCO3)CC1. The van der Waals surface area contributed by atoms with Crippen molar-refractivity contribution in [3.8, 4) is 11.5 Å². The molecule has 0 aromatic heterocycles. The third-order valence-corrected chi connectivity index (χ3v) is 5.01. The number of nitrogens with zero attached hydrogens (tertiary/aromatic N) is 1. The molecule has 0 amide bonds. The average molecular weight is 311 g/mol. The fourth-order valence-electron chi connectivity index (χ4n) is 3.35. The van der Waals surface area contributed by atoms with E-state index in [0.29, 0.717) is 17.3 Å². The van der Waals surface area contributed by atoms with Gasteiger partial charge in [0.1, 0.15) is 0 Å². The number of benzene rings is 1. The Morgan fingerprint density at radius 1 is 1.33 bits per heavy atom. The van der Waals surface area contributed by atoms with Gasteiger partial charge in [0.25, 0.3) is 0 Å². The number of fused-ring (bicyclic) bond motifs is 1. The van der Waals surface area contributed by atoms with Crippen LogP contribution >= 0.6 is 11.6 Å². The maximum atomic E-state index is 6.30. The van der Waals surface area contributed by atoms with Gasteiger partial charge in [0.15, 0.2) is 11.5 Å². The van der Waals surface area contributed by atoms with Crippen LogP contribution in [-0.2, 0) is 0 Å². The summed E-state index contributed by atoms with van der Waals surface area (Å²) in [5.41, 5.74) is 7.17. The molecule has 5 heteroatoms. The maximum Gasteiger partial charge on any atom is 0.231 e. The monoisotopic (exact) mass is 310 g/mol. The highest BCUT2D eigenvalue weighted by atomic mass is 35.5. The van der Waals surface area contributed by atoms with Crippen molar-refractivity contribution in [2.45, 2.75) is 32.2 Å². The quantitative estimate of drug-likeness (QED) is 0.928. The second-order valence-corrected chi connectivity index (χ2v) is 6.28. The van der Waals surface area contributed by atoms with E-state index >= 15 is 0 Å². The molecule has 0 bridgehead atoms. The van der Waals surface area contributed by atoms with Crippen molar-refractivity contribution in [3.63, 3.8) is 0 Å². The highest BCUT2D eigenvalue weighted by Gasteiger charge is 2.27. The lowest BCUT2D eigenvalue weighted by atomic mass is 9.92. The molecular formula is C16H23ClN2O2. The zero-order valence-corrected chi connectivity index (χ0v) is 13.2. The summed E-state index contributed by atoms with van der Waals surface area (Å²) in [6.07, 6.45) is 3.79. The molecule has 0 aliphatic carbocycles. The van der Waals surface area contributed by atoms with Crippen LogP contribution in [0.2, 0.25) is 5.02 Å². The van der Waals surface area contributed by atoms with Crippen molar-refractivity contribution in [2.24, 2.45) is 11.7 Å². The lowest BCUT2D eigenvalue weighted by Gasteiger charge is -2.37. The van der Waals surface area contributed by atoms with E-state index < -0.39 is 0 Å². The van der Waals surface area contributed by atoms with Crippen LogP contribution in [0.1, 0.15) is 37.8 Å². The lowest BCUT2D eigenvalue weighted by molar-refractivity contribution is 0.133. The van der Waals surface area contributed by atoms with Crippen LogP contribution in [0.3, 0.4) is 0 Å². The first-order valence-electron chi connectivity index (χ1n) is 7.76. The van der Waals surface area contributed by atoms with Gasteiger partial charge in [0, 0.05) is 12.6 Å². The van der Waals surface area contributed by atoms with E-state index in [0.717, 1.165) is 30.3 Å². The first-order chi connectivity index (χ1) is 10.2. The highest BCUT2D eigenvalue weighted by Crippen LogP contribution is 2.42. The minimum atomic E-state index is 0.204. The van der Waals surface area contributed by atoms with E-state index in [1.165, 1.54) is 19.3 Å². The Kier molecular flexibility index (Phi) is 4.57. The van der Waals surface area contributed by atoms with Crippen molar-refractivity contribution in [1.29, 1.82) is 0 Å². The molecule has 116 valence electrons. The van der Waals surface area contributed by atoms with Gasteiger partial charge in [0.2, 0.25) is 6.79 Å². The van der Waals surface area contributed by atoms with Crippen molar-refractivity contribution in [2.75, 3.05) is 26.4 Å². The number of ether oxygens (including phenoxy) is 2. The van der Waals surface area contributed by atoms with Gasteiger partial charge >= 0.3 is 0 Å². The van der Waals surface area contributed by atoms with E-state index in [1.54, 1.807) is 0 Å². The minimum absolute atomic E-state index is 0.204. The number of halogens is 1. The number of piperidine rings is 1. The first-order valence-corrected chi connectivity index (χ1v) is 8.13. The molecule has 2 N–H and O–H groups in total. The van der Waals surface area contributed by atoms with Gasteiger partial charge in [-0.1, -0.05) is 24.9 Å². The Hall–Kier alpha value is -0.970. The minimum Gasteiger partial charge on any atom is -0.454 e. The molecule has 2 aliphatic rings. The molecule has 2 aliphatic heterocycles. The smallest absolute Gasteiger partial charge is 0.231 e. The highest BCUT2D eigenvalue weighted by molar-refractivity contribution is 6.32. The van der Waals surface area contributed by atoms with Gasteiger partial charge in [-0.25, -0.2) is 0 Å². The van der Waals surface area contributed by atoms with Gasteiger partial charge in [-0.05, 0) is 49.5 Å². The van der Waals surface area contributed by atoms with Gasteiger partial charge in [-0.15, -0.1) is 0 Å². The number of hydrogen-bond donors (Lipinski definition) is 1. The van der Waals surface area contributed by atoms with E-state index in [-0.39, 0.29) is 12.8 Å². The standard InChI is InChI=1S/C16H23ClN2O2/c1-2-11-3-5-19(6-4-11)14(9-18)12-7-13(17)16-15(8-12)20-10-21-16/h7-8,11,14H,2-6,9-10,18H2,1H3. The van der Waals surface area contributed by atoms with Gasteiger partial charge in [-0.2, -0.15) is 0 Å². The molecule has 3 rings (SSSR count). The summed E-state index contributed by atoms with van der Waals surface area (Å²) in [6, 6.07) is 4.20. The van der Waals surface area contributed by atoms with Gasteiger partial charge < -0.3 is 15.2 Å². The zero-order chi connectivity index (χ0) is 14.8. The molecule has 1 atom stereocenters. The van der Waals surface area contributed by atoms with E-state index in [4.69, 9.17) is 26.8 Å². The molecule has 1 saturated heterocycles. The number of hydrogen-bond acceptors (Lipinski definition) is 4. The topological polar surface area (TPSA) is 47.7 Å². The lowest BCUT2D eigenvalue weighted by Crippen LogP contribution is -2.39. The Morgan fingerprint density at radius 2 is 2.10 bits per heavy atom. The van der Waals surface area contributed by atoms with Crippen LogP contribution in [0.25, 0.3) is 0 Å². The third-order valence-electron chi connectivity index (χ3n) is 4.72. The number of rotatable bonds is 4. The average Bonchev–Trinajstić information content (AvgIpc) is 2.98. The Labute approximate surface area is 131 Å². The van der Waals surface area contributed by atoms with Crippen molar-refractivity contribution < 1.29 is 9.47 Å². The molecule has 1 unspecified atom stereocenters. The molecule has 1 aromatic rings. The maximum absolute atomic E-state index is 6.30. The van der Waals surface area contributed by atoms with E-state index in [2.05, 4.69) is 11.8 Å². The van der Waals surface area contributed by atoms with E-state index in [9.17, 15) is 0 Å². The molecule has 0 radical (unpaired) electrons. The van der Waals surface area contributed by atoms with Crippen LogP contribution in [0.15, 0.2) is 12.1 Å². The van der Waals surface area contributed by atoms with Crippen LogP contribution in [0, 0.1) is 5.92 Å². The summed E-state index contributed by atoms with van der Waals surface area (Å²) in [6.45, 7) is 5.32. The van der Waals surface area contributed by atoms with Gasteiger partial charge in [-0.3, -0.25) is 4.90 Å². The number of likely N-dealkylation sites (tertiary alicyclic amines) is 1. The van der Waals surface area contributed by atoms with Gasteiger partial charge in [0.05, 0.1) is 5.02 Å². The fraction of sp³-hybridized carbons (Fsp3) is 0.625. The Morgan fingerprint density at radius 3 is 2.76 bits per heavy atom. The first kappa shape index (κ1) is 14.9. The molecule has 4 nitrogen and oxygen atoms in total. The molecule has 1 fully saturated rings. The molecule has 21 heavy (non-hydrogen) atoms. The summed E-state index contributed by atoms with van der Waals surface area (Å²) in [5.74, 6) is 2.25. The Bertz CT molecular complexity index is 501. The van der Waals surface area contributed by atoms with Crippen LogP contribution < -0.4 is 15.2 Å². The van der Waals surface area contributed by atoms with Crippen LogP contribution in [0.4, 0.5) is 0 Å². The zero-order valence-electron chi connectivity index (χ0n) is 12.5. The second kappa shape index (κ2) is 6.42. The summed E-state index contributed by atoms with van der Waals surface area (Å²) in [7, 11) is 0. The fourth-order valence-corrected chi connectivity index (χ4v) is 3.62. The van der Waals surface area contributed by atoms with Crippen LogP contribution in [0.5, 0.6) is 11.5 Å². The van der Waals surface area contributed by atoms with Crippen molar-refractivity contribution in [1.82, 2.24) is 4.90 Å². The second-order valence-electron chi connectivity index (χ2n) is 5.88. The predicted molar refractivity (Wildman–Crippen MR) is 84.0 cm³/mol. The van der Waals surface area contributed by atoms with Crippen molar-refractivity contribution >= 4 is 11.6 Å². The summed E-state index contributed by atoms with van der Waals surface area (Å²) >= 11 is 6.30. The summed E-state index contributed by atoms with van der Waals surface area (Å²) in [4.78, 5) is 2.47. The molecule has 2 heterocycles. The summed E-state index contributed by atoms with van der Waals surface area (Å²) < 4.78 is 10.8. The predicted octanol–water partition coefficient (Wildman–Crippen LogP) is 3.19. The number of nitrogens with two attached hydrogens (primary N) is 1. The van der Waals surface area contributed by atoms with E-state index in [1.807, 2.05) is 12.1 Å². The molecular weight excluding hydrogens is 288 g/mol. The Balaban J connectivity index is 1.79. The molecule has 0 saturated carbocycles. The molecule has 1 aromatic carbocycles. The normalized spacial score (nSPS) is 20.7. The van der Waals surface area contributed by atoms with Crippen molar-refractivity contribution in [3.05, 3.63) is 22.7 Å².